The van der Waals surface area contributed by atoms with Gasteiger partial charge in [-0.05, 0) is 38.5 Å². The number of nitrogens with two attached hydrogens (primary N) is 1. The van der Waals surface area contributed by atoms with E-state index in [4.69, 9.17) is 10.8 Å². The Morgan fingerprint density at radius 1 is 0.875 bits per heavy atom. The van der Waals surface area contributed by atoms with Crippen molar-refractivity contribution in [2.75, 3.05) is 0 Å². The van der Waals surface area contributed by atoms with Crippen molar-refractivity contribution in [3.63, 3.8) is 0 Å². The maximum absolute atomic E-state index is 12.9. The minimum absolute atomic E-state index is 0.00620. The topological polar surface area (TPSA) is 211 Å². The average Bonchev–Trinajstić information content (AvgIpc) is 2.71. The van der Waals surface area contributed by atoms with Gasteiger partial charge in [-0.15, -0.1) is 0 Å². The SMILES string of the molecule is CC(NC(=O)C(NC(=O)C(Cc1ccc(O)cc1)NC(=O)C(N)C(C)O)C(C)O)C(=O)O. The fraction of sp³-hybridized carbons (Fsp3) is 0.500. The van der Waals surface area contributed by atoms with Crippen molar-refractivity contribution in [2.45, 2.75) is 63.6 Å². The number of carboxylic acid groups (broad SMARTS) is 1. The lowest BCUT2D eigenvalue weighted by atomic mass is 10.0. The lowest BCUT2D eigenvalue weighted by Crippen LogP contribution is -2.60. The molecule has 0 saturated heterocycles. The number of carbonyl (C=O) groups excluding carboxylic acids is 3. The van der Waals surface area contributed by atoms with Crippen LogP contribution < -0.4 is 21.7 Å². The molecule has 32 heavy (non-hydrogen) atoms. The van der Waals surface area contributed by atoms with Gasteiger partial charge in [-0.3, -0.25) is 19.2 Å². The van der Waals surface area contributed by atoms with E-state index < -0.39 is 60.1 Å². The Bertz CT molecular complexity index is 812. The third kappa shape index (κ3) is 8.13. The van der Waals surface area contributed by atoms with Gasteiger partial charge in [0, 0.05) is 6.42 Å². The molecule has 0 heterocycles. The minimum atomic E-state index is -1.51. The fourth-order valence-electron chi connectivity index (χ4n) is 2.59. The molecule has 9 N–H and O–H groups in total. The molecule has 1 aromatic rings. The first kappa shape index (κ1) is 26.8. The van der Waals surface area contributed by atoms with E-state index in [1.165, 1.54) is 45.0 Å². The predicted octanol–water partition coefficient (Wildman–Crippen LogP) is -2.42. The number of aromatic hydroxyl groups is 1. The Kier molecular flexibility index (Phi) is 10.0. The molecule has 0 aliphatic carbocycles. The maximum Gasteiger partial charge on any atom is 0.325 e. The number of aliphatic carboxylic acids is 1. The number of phenolic OH excluding ortho intramolecular Hbond substituents is 1. The number of benzene rings is 1. The Morgan fingerprint density at radius 3 is 1.91 bits per heavy atom. The van der Waals surface area contributed by atoms with Crippen LogP contribution in [0.15, 0.2) is 24.3 Å². The van der Waals surface area contributed by atoms with Crippen LogP contribution in [0, 0.1) is 0 Å². The van der Waals surface area contributed by atoms with E-state index in [0.717, 1.165) is 0 Å². The molecule has 0 bridgehead atoms. The molecule has 0 aliphatic rings. The second-order valence-corrected chi connectivity index (χ2v) is 7.49. The molecule has 0 aliphatic heterocycles. The zero-order chi connectivity index (χ0) is 24.6. The third-order valence-electron chi connectivity index (χ3n) is 4.62. The molecule has 0 fully saturated rings. The van der Waals surface area contributed by atoms with Crippen LogP contribution >= 0.6 is 0 Å². The van der Waals surface area contributed by atoms with E-state index in [-0.39, 0.29) is 12.2 Å². The molecule has 6 unspecified atom stereocenters. The van der Waals surface area contributed by atoms with Crippen LogP contribution in [-0.2, 0) is 25.6 Å². The van der Waals surface area contributed by atoms with E-state index in [1.807, 2.05) is 0 Å². The number of rotatable bonds is 11. The summed E-state index contributed by atoms with van der Waals surface area (Å²) in [4.78, 5) is 48.5. The molecule has 3 amide bonds. The Balaban J connectivity index is 3.07. The number of aliphatic hydroxyl groups is 2. The van der Waals surface area contributed by atoms with Gasteiger partial charge in [0.05, 0.1) is 12.2 Å². The van der Waals surface area contributed by atoms with E-state index >= 15 is 0 Å². The van der Waals surface area contributed by atoms with E-state index in [0.29, 0.717) is 5.56 Å². The van der Waals surface area contributed by atoms with E-state index in [2.05, 4.69) is 16.0 Å². The Morgan fingerprint density at radius 2 is 1.44 bits per heavy atom. The second kappa shape index (κ2) is 12.0. The lowest BCUT2D eigenvalue weighted by molar-refractivity contribution is -0.142. The van der Waals surface area contributed by atoms with Crippen LogP contribution in [0.3, 0.4) is 0 Å². The van der Waals surface area contributed by atoms with Crippen molar-refractivity contribution in [2.24, 2.45) is 5.73 Å². The second-order valence-electron chi connectivity index (χ2n) is 7.49. The highest BCUT2D eigenvalue weighted by Gasteiger charge is 2.32. The van der Waals surface area contributed by atoms with E-state index in [1.54, 1.807) is 0 Å². The third-order valence-corrected chi connectivity index (χ3v) is 4.62. The van der Waals surface area contributed by atoms with E-state index in [9.17, 15) is 34.5 Å². The van der Waals surface area contributed by atoms with Crippen LogP contribution in [0.5, 0.6) is 5.75 Å². The molecule has 178 valence electrons. The normalized spacial score (nSPS) is 16.6. The van der Waals surface area contributed by atoms with Gasteiger partial charge in [0.1, 0.15) is 29.9 Å². The summed E-state index contributed by atoms with van der Waals surface area (Å²) in [6.45, 7) is 3.75. The largest absolute Gasteiger partial charge is 0.508 e. The Labute approximate surface area is 184 Å². The van der Waals surface area contributed by atoms with Crippen molar-refractivity contribution in [1.82, 2.24) is 16.0 Å². The molecule has 12 nitrogen and oxygen atoms in total. The van der Waals surface area contributed by atoms with Crippen LogP contribution in [0.25, 0.3) is 0 Å². The van der Waals surface area contributed by atoms with Crippen LogP contribution in [0.2, 0.25) is 0 Å². The average molecular weight is 454 g/mol. The number of amides is 3. The summed E-state index contributed by atoms with van der Waals surface area (Å²) >= 11 is 0. The number of carbonyl (C=O) groups is 4. The highest BCUT2D eigenvalue weighted by Crippen LogP contribution is 2.12. The van der Waals surface area contributed by atoms with Gasteiger partial charge in [-0.2, -0.15) is 0 Å². The highest BCUT2D eigenvalue weighted by atomic mass is 16.4. The quantitative estimate of drug-likeness (QED) is 0.178. The molecule has 0 spiro atoms. The summed E-state index contributed by atoms with van der Waals surface area (Å²) in [5.74, 6) is -3.92. The van der Waals surface area contributed by atoms with Crippen LogP contribution in [-0.4, -0.2) is 80.5 Å². The summed E-state index contributed by atoms with van der Waals surface area (Å²) in [5.41, 5.74) is 6.16. The zero-order valence-electron chi connectivity index (χ0n) is 18.0. The maximum atomic E-state index is 12.9. The molecule has 0 saturated carbocycles. The van der Waals surface area contributed by atoms with Gasteiger partial charge >= 0.3 is 5.97 Å². The summed E-state index contributed by atoms with van der Waals surface area (Å²) < 4.78 is 0. The molecule has 0 radical (unpaired) electrons. The van der Waals surface area contributed by atoms with Crippen molar-refractivity contribution >= 4 is 23.7 Å². The van der Waals surface area contributed by atoms with Gasteiger partial charge in [-0.25, -0.2) is 0 Å². The fourth-order valence-corrected chi connectivity index (χ4v) is 2.59. The van der Waals surface area contributed by atoms with Crippen molar-refractivity contribution in [3.05, 3.63) is 29.8 Å². The van der Waals surface area contributed by atoms with Gasteiger partial charge in [0.25, 0.3) is 0 Å². The monoisotopic (exact) mass is 454 g/mol. The number of nitrogens with one attached hydrogen (secondary N) is 3. The van der Waals surface area contributed by atoms with Gasteiger partial charge in [0.2, 0.25) is 17.7 Å². The first-order valence-corrected chi connectivity index (χ1v) is 9.87. The van der Waals surface area contributed by atoms with Crippen molar-refractivity contribution < 1.29 is 39.6 Å². The standard InChI is InChI=1S/C20H30N4O8/c1-9(20(31)32)22-19(30)16(11(3)26)24-17(28)14(23-18(29)15(21)10(2)25)8-12-4-6-13(27)7-5-12/h4-7,9-11,14-16,25-27H,8,21H2,1-3H3,(H,22,30)(H,23,29)(H,24,28)(H,31,32). The molecule has 12 heteroatoms. The van der Waals surface area contributed by atoms with Gasteiger partial charge in [0.15, 0.2) is 0 Å². The molecular weight excluding hydrogens is 424 g/mol. The van der Waals surface area contributed by atoms with Crippen LogP contribution in [0.1, 0.15) is 26.3 Å². The number of phenols is 1. The minimum Gasteiger partial charge on any atom is -0.508 e. The first-order valence-electron chi connectivity index (χ1n) is 9.87. The summed E-state index contributed by atoms with van der Waals surface area (Å²) in [6, 6.07) is 0.444. The lowest BCUT2D eigenvalue weighted by Gasteiger charge is -2.26. The summed E-state index contributed by atoms with van der Waals surface area (Å²) in [7, 11) is 0. The number of carboxylic acids is 1. The molecule has 1 rings (SSSR count). The molecule has 1 aromatic carbocycles. The summed E-state index contributed by atoms with van der Waals surface area (Å²) in [6.07, 6.45) is -2.64. The van der Waals surface area contributed by atoms with Crippen molar-refractivity contribution in [3.8, 4) is 5.75 Å². The van der Waals surface area contributed by atoms with Crippen molar-refractivity contribution in [1.29, 1.82) is 0 Å². The molecule has 6 atom stereocenters. The smallest absolute Gasteiger partial charge is 0.325 e. The first-order chi connectivity index (χ1) is 14.8. The molecular formula is C20H30N4O8. The Hall–Kier alpha value is -3.22. The number of hydrogen-bond donors (Lipinski definition) is 8. The van der Waals surface area contributed by atoms with Gasteiger partial charge in [-0.1, -0.05) is 12.1 Å². The highest BCUT2D eigenvalue weighted by molar-refractivity contribution is 5.94. The molecule has 0 aromatic heterocycles. The van der Waals surface area contributed by atoms with Crippen LogP contribution in [0.4, 0.5) is 0 Å². The number of hydrogen-bond acceptors (Lipinski definition) is 8. The number of aliphatic hydroxyl groups excluding tert-OH is 2. The summed E-state index contributed by atoms with van der Waals surface area (Å²) in [5, 5.41) is 44.7. The zero-order valence-corrected chi connectivity index (χ0v) is 18.0. The predicted molar refractivity (Wildman–Crippen MR) is 112 cm³/mol. The van der Waals surface area contributed by atoms with Gasteiger partial charge < -0.3 is 42.1 Å².